The summed E-state index contributed by atoms with van der Waals surface area (Å²) in [5.41, 5.74) is 0.279. The Labute approximate surface area is 83.9 Å². The van der Waals surface area contributed by atoms with E-state index < -0.39 is 11.6 Å². The zero-order valence-electron chi connectivity index (χ0n) is 8.75. The zero-order valence-corrected chi connectivity index (χ0v) is 8.75. The van der Waals surface area contributed by atoms with Crippen LogP contribution in [0.15, 0.2) is 24.3 Å². The molecule has 1 atom stereocenters. The van der Waals surface area contributed by atoms with Gasteiger partial charge >= 0.3 is 0 Å². The van der Waals surface area contributed by atoms with E-state index >= 15 is 0 Å². The number of hydrogen-bond donors (Lipinski definition) is 0. The number of carbonyl (C=O) groups is 1. The van der Waals surface area contributed by atoms with Gasteiger partial charge in [0.25, 0.3) is 0 Å². The lowest BCUT2D eigenvalue weighted by atomic mass is 9.87. The second kappa shape index (κ2) is 3.91. The summed E-state index contributed by atoms with van der Waals surface area (Å²) >= 11 is 0. The molecule has 0 N–H and O–H groups in total. The summed E-state index contributed by atoms with van der Waals surface area (Å²) in [6.45, 7) is 4.78. The quantitative estimate of drug-likeness (QED) is 0.676. The normalized spacial score (nSPS) is 13.7. The number of aryl methyl sites for hydroxylation is 1. The molecule has 0 saturated carbocycles. The van der Waals surface area contributed by atoms with Crippen molar-refractivity contribution >= 4 is 6.29 Å². The molecule has 1 aromatic carbocycles. The van der Waals surface area contributed by atoms with Gasteiger partial charge in [-0.3, -0.25) is 0 Å². The molecule has 2 heteroatoms. The van der Waals surface area contributed by atoms with Crippen molar-refractivity contribution in [1.82, 2.24) is 0 Å². The van der Waals surface area contributed by atoms with Gasteiger partial charge in [-0.05, 0) is 26.3 Å². The molecule has 0 amide bonds. The summed E-state index contributed by atoms with van der Waals surface area (Å²) in [6, 6.07) is 7.40. The van der Waals surface area contributed by atoms with Gasteiger partial charge in [0.1, 0.15) is 12.0 Å². The maximum absolute atomic E-state index is 13.6. The van der Waals surface area contributed by atoms with E-state index in [1.165, 1.54) is 13.8 Å². The van der Waals surface area contributed by atoms with Gasteiger partial charge in [-0.2, -0.15) is 0 Å². The highest BCUT2D eigenvalue weighted by Gasteiger charge is 2.30. The lowest BCUT2D eigenvalue weighted by molar-refractivity contribution is -0.111. The van der Waals surface area contributed by atoms with Gasteiger partial charge in [0, 0.05) is 0 Å². The molecular weight excluding hydrogens is 179 g/mol. The smallest absolute Gasteiger partial charge is 0.130 e. The molecule has 0 aliphatic carbocycles. The highest BCUT2D eigenvalue weighted by molar-refractivity contribution is 5.64. The van der Waals surface area contributed by atoms with Crippen LogP contribution in [0.2, 0.25) is 0 Å². The monoisotopic (exact) mass is 194 g/mol. The van der Waals surface area contributed by atoms with E-state index in [0.29, 0.717) is 6.29 Å². The van der Waals surface area contributed by atoms with E-state index in [0.717, 1.165) is 11.1 Å². The summed E-state index contributed by atoms with van der Waals surface area (Å²) in [6.07, 6.45) is 0.675. The molecule has 1 rings (SSSR count). The summed E-state index contributed by atoms with van der Waals surface area (Å²) in [7, 11) is 0. The van der Waals surface area contributed by atoms with Crippen molar-refractivity contribution in [2.45, 2.75) is 32.4 Å². The molecule has 0 radical (unpaired) electrons. The van der Waals surface area contributed by atoms with E-state index in [2.05, 4.69) is 0 Å². The Morgan fingerprint density at radius 2 is 2.07 bits per heavy atom. The SMILES string of the molecule is Cc1cccc(C(C=O)C(C)(C)F)c1. The molecule has 0 fully saturated rings. The van der Waals surface area contributed by atoms with Crippen molar-refractivity contribution in [3.05, 3.63) is 35.4 Å². The third-order valence-corrected chi connectivity index (χ3v) is 2.28. The average Bonchev–Trinajstić information content (AvgIpc) is 2.02. The van der Waals surface area contributed by atoms with Gasteiger partial charge in [0.05, 0.1) is 5.92 Å². The molecule has 0 bridgehead atoms. The predicted octanol–water partition coefficient (Wildman–Crippen LogP) is 3.03. The molecule has 1 unspecified atom stereocenters. The molecule has 0 saturated heterocycles. The van der Waals surface area contributed by atoms with Crippen molar-refractivity contribution in [2.75, 3.05) is 0 Å². The van der Waals surface area contributed by atoms with Gasteiger partial charge < -0.3 is 4.79 Å². The van der Waals surface area contributed by atoms with E-state index in [9.17, 15) is 9.18 Å². The molecule has 76 valence electrons. The van der Waals surface area contributed by atoms with Crippen molar-refractivity contribution in [3.8, 4) is 0 Å². The van der Waals surface area contributed by atoms with Gasteiger partial charge in [0.2, 0.25) is 0 Å². The fourth-order valence-electron chi connectivity index (χ4n) is 1.50. The Morgan fingerprint density at radius 1 is 1.43 bits per heavy atom. The number of benzene rings is 1. The van der Waals surface area contributed by atoms with Gasteiger partial charge in [0.15, 0.2) is 0 Å². The van der Waals surface area contributed by atoms with Crippen LogP contribution in [-0.2, 0) is 4.79 Å². The predicted molar refractivity (Wildman–Crippen MR) is 55.2 cm³/mol. The van der Waals surface area contributed by atoms with Crippen molar-refractivity contribution in [2.24, 2.45) is 0 Å². The largest absolute Gasteiger partial charge is 0.303 e. The van der Waals surface area contributed by atoms with Crippen LogP contribution >= 0.6 is 0 Å². The number of alkyl halides is 1. The minimum absolute atomic E-state index is 0.675. The number of aldehydes is 1. The van der Waals surface area contributed by atoms with Crippen LogP contribution in [0, 0.1) is 6.92 Å². The minimum Gasteiger partial charge on any atom is -0.303 e. The summed E-state index contributed by atoms with van der Waals surface area (Å²) in [4.78, 5) is 10.8. The Bertz CT molecular complexity index is 325. The molecule has 1 nitrogen and oxygen atoms in total. The van der Waals surface area contributed by atoms with Crippen LogP contribution in [-0.4, -0.2) is 12.0 Å². The Hall–Kier alpha value is -1.18. The van der Waals surface area contributed by atoms with Gasteiger partial charge in [-0.25, -0.2) is 4.39 Å². The number of rotatable bonds is 3. The fraction of sp³-hybridized carbons (Fsp3) is 0.417. The first-order chi connectivity index (χ1) is 6.45. The molecule has 14 heavy (non-hydrogen) atoms. The topological polar surface area (TPSA) is 17.1 Å². The highest BCUT2D eigenvalue weighted by Crippen LogP contribution is 2.29. The van der Waals surface area contributed by atoms with Crippen LogP contribution in [0.5, 0.6) is 0 Å². The van der Waals surface area contributed by atoms with Gasteiger partial charge in [-0.15, -0.1) is 0 Å². The second-order valence-electron chi connectivity index (χ2n) is 4.09. The highest BCUT2D eigenvalue weighted by atomic mass is 19.1. The van der Waals surface area contributed by atoms with Crippen LogP contribution in [0.3, 0.4) is 0 Å². The molecule has 0 heterocycles. The van der Waals surface area contributed by atoms with Crippen molar-refractivity contribution in [3.63, 3.8) is 0 Å². The average molecular weight is 194 g/mol. The van der Waals surface area contributed by atoms with Crippen LogP contribution < -0.4 is 0 Å². The molecular formula is C12H15FO. The zero-order chi connectivity index (χ0) is 10.8. The summed E-state index contributed by atoms with van der Waals surface area (Å²) in [5, 5.41) is 0. The third kappa shape index (κ3) is 2.41. The number of carbonyl (C=O) groups excluding carboxylic acids is 1. The van der Waals surface area contributed by atoms with Crippen molar-refractivity contribution in [1.29, 1.82) is 0 Å². The minimum atomic E-state index is -1.50. The van der Waals surface area contributed by atoms with Crippen LogP contribution in [0.4, 0.5) is 4.39 Å². The first kappa shape index (κ1) is 10.9. The van der Waals surface area contributed by atoms with Crippen LogP contribution in [0.1, 0.15) is 30.9 Å². The molecule has 1 aromatic rings. The number of halogens is 1. The number of hydrogen-bond acceptors (Lipinski definition) is 1. The fourth-order valence-corrected chi connectivity index (χ4v) is 1.50. The van der Waals surface area contributed by atoms with E-state index in [1.807, 2.05) is 25.1 Å². The molecule has 0 aliphatic rings. The first-order valence-corrected chi connectivity index (χ1v) is 4.66. The molecule has 0 spiro atoms. The molecule has 0 aromatic heterocycles. The van der Waals surface area contributed by atoms with Crippen molar-refractivity contribution < 1.29 is 9.18 Å². The maximum Gasteiger partial charge on any atom is 0.130 e. The maximum atomic E-state index is 13.6. The first-order valence-electron chi connectivity index (χ1n) is 4.66. The Kier molecular flexibility index (Phi) is 3.04. The van der Waals surface area contributed by atoms with E-state index in [-0.39, 0.29) is 0 Å². The van der Waals surface area contributed by atoms with E-state index in [4.69, 9.17) is 0 Å². The van der Waals surface area contributed by atoms with Crippen LogP contribution in [0.25, 0.3) is 0 Å². The third-order valence-electron chi connectivity index (χ3n) is 2.28. The standard InChI is InChI=1S/C12H15FO/c1-9-5-4-6-10(7-9)11(8-14)12(2,3)13/h4-8,11H,1-3H3. The lowest BCUT2D eigenvalue weighted by Crippen LogP contribution is -2.25. The second-order valence-corrected chi connectivity index (χ2v) is 4.09. The molecule has 0 aliphatic heterocycles. The summed E-state index contributed by atoms with van der Waals surface area (Å²) in [5.74, 6) is -0.678. The Balaban J connectivity index is 3.07. The summed E-state index contributed by atoms with van der Waals surface area (Å²) < 4.78 is 13.6. The van der Waals surface area contributed by atoms with Gasteiger partial charge in [-0.1, -0.05) is 29.8 Å². The lowest BCUT2D eigenvalue weighted by Gasteiger charge is -2.22. The Morgan fingerprint density at radius 3 is 2.50 bits per heavy atom. The van der Waals surface area contributed by atoms with E-state index in [1.54, 1.807) is 6.07 Å².